The van der Waals surface area contributed by atoms with Crippen LogP contribution in [-0.4, -0.2) is 38.1 Å². The van der Waals surface area contributed by atoms with Crippen molar-refractivity contribution in [1.82, 2.24) is 0 Å². The van der Waals surface area contributed by atoms with Gasteiger partial charge in [-0.25, -0.2) is 4.79 Å². The second-order valence-corrected chi connectivity index (χ2v) is 6.09. The number of anilines is 1. The van der Waals surface area contributed by atoms with Gasteiger partial charge in [0.1, 0.15) is 0 Å². The number of hydrogen-bond acceptors (Lipinski definition) is 7. The van der Waals surface area contributed by atoms with Crippen molar-refractivity contribution in [3.05, 3.63) is 40.1 Å². The highest BCUT2D eigenvalue weighted by molar-refractivity contribution is 7.12. The number of carbonyl (C=O) groups is 3. The van der Waals surface area contributed by atoms with Crippen LogP contribution in [0.15, 0.2) is 29.6 Å². The molecule has 0 aliphatic rings. The summed E-state index contributed by atoms with van der Waals surface area (Å²) in [4.78, 5) is 36.1. The van der Waals surface area contributed by atoms with Crippen molar-refractivity contribution in [2.45, 2.75) is 13.0 Å². The van der Waals surface area contributed by atoms with Gasteiger partial charge in [-0.15, -0.1) is 11.3 Å². The number of nitrogens with two attached hydrogens (primary N) is 1. The molecule has 9 heteroatoms. The Morgan fingerprint density at radius 1 is 1.19 bits per heavy atom. The molecule has 2 rings (SSSR count). The van der Waals surface area contributed by atoms with Crippen LogP contribution in [0.2, 0.25) is 0 Å². The van der Waals surface area contributed by atoms with E-state index in [-0.39, 0.29) is 28.7 Å². The molecule has 3 N–H and O–H groups in total. The molecule has 0 fully saturated rings. The van der Waals surface area contributed by atoms with Gasteiger partial charge in [0.2, 0.25) is 0 Å². The molecule has 2 aromatic rings. The summed E-state index contributed by atoms with van der Waals surface area (Å²) in [6, 6.07) is 6.17. The van der Waals surface area contributed by atoms with Gasteiger partial charge in [0.25, 0.3) is 11.8 Å². The van der Waals surface area contributed by atoms with E-state index in [1.807, 2.05) is 0 Å². The number of hydrogen-bond donors (Lipinski definition) is 2. The first-order chi connectivity index (χ1) is 12.4. The van der Waals surface area contributed by atoms with Gasteiger partial charge in [-0.1, -0.05) is 6.07 Å². The third kappa shape index (κ3) is 4.31. The molecule has 0 bridgehead atoms. The Hall–Kier alpha value is -3.07. The highest BCUT2D eigenvalue weighted by Gasteiger charge is 2.22. The number of amides is 2. The van der Waals surface area contributed by atoms with E-state index in [4.69, 9.17) is 19.9 Å². The van der Waals surface area contributed by atoms with Crippen LogP contribution >= 0.6 is 11.3 Å². The molecule has 0 spiro atoms. The molecule has 1 aromatic heterocycles. The molecule has 0 saturated heterocycles. The number of ether oxygens (including phenoxy) is 3. The summed E-state index contributed by atoms with van der Waals surface area (Å²) in [6.07, 6.45) is -1.10. The highest BCUT2D eigenvalue weighted by atomic mass is 32.1. The van der Waals surface area contributed by atoms with Crippen molar-refractivity contribution in [3.63, 3.8) is 0 Å². The molecule has 0 aliphatic heterocycles. The minimum atomic E-state index is -1.10. The van der Waals surface area contributed by atoms with Crippen LogP contribution < -0.4 is 20.5 Å². The van der Waals surface area contributed by atoms with Gasteiger partial charge in [0.15, 0.2) is 17.6 Å². The van der Waals surface area contributed by atoms with Crippen LogP contribution in [0.5, 0.6) is 11.5 Å². The smallest absolute Gasteiger partial charge is 0.339 e. The van der Waals surface area contributed by atoms with E-state index in [9.17, 15) is 14.4 Å². The Morgan fingerprint density at radius 3 is 2.46 bits per heavy atom. The molecule has 1 aromatic carbocycles. The van der Waals surface area contributed by atoms with Crippen LogP contribution in [0, 0.1) is 0 Å². The van der Waals surface area contributed by atoms with Gasteiger partial charge in [-0.3, -0.25) is 9.59 Å². The van der Waals surface area contributed by atoms with E-state index in [1.165, 1.54) is 44.6 Å². The maximum absolute atomic E-state index is 12.3. The molecule has 8 nitrogen and oxygen atoms in total. The van der Waals surface area contributed by atoms with Crippen LogP contribution in [0.25, 0.3) is 0 Å². The van der Waals surface area contributed by atoms with E-state index < -0.39 is 18.0 Å². The molecule has 1 heterocycles. The van der Waals surface area contributed by atoms with Crippen molar-refractivity contribution in [2.75, 3.05) is 19.5 Å². The SMILES string of the molecule is COc1cc(C(=O)O[C@@H](C)C(N)=O)cc(NC(=O)c2cccs2)c1OC. The minimum Gasteiger partial charge on any atom is -0.493 e. The van der Waals surface area contributed by atoms with E-state index in [1.54, 1.807) is 17.5 Å². The monoisotopic (exact) mass is 378 g/mol. The first-order valence-corrected chi connectivity index (χ1v) is 8.36. The number of rotatable bonds is 7. The summed E-state index contributed by atoms with van der Waals surface area (Å²) in [6.45, 7) is 1.36. The number of carbonyl (C=O) groups excluding carboxylic acids is 3. The largest absolute Gasteiger partial charge is 0.493 e. The zero-order valence-corrected chi connectivity index (χ0v) is 15.2. The molecule has 0 saturated carbocycles. The van der Waals surface area contributed by atoms with Crippen LogP contribution in [0.3, 0.4) is 0 Å². The van der Waals surface area contributed by atoms with Crippen molar-refractivity contribution in [1.29, 1.82) is 0 Å². The minimum absolute atomic E-state index is 0.0669. The predicted octanol–water partition coefficient (Wildman–Crippen LogP) is 2.05. The summed E-state index contributed by atoms with van der Waals surface area (Å²) in [5.41, 5.74) is 5.39. The number of esters is 1. The number of benzene rings is 1. The molecule has 0 aliphatic carbocycles. The van der Waals surface area contributed by atoms with Crippen molar-refractivity contribution in [2.24, 2.45) is 5.73 Å². The number of nitrogens with one attached hydrogen (secondary N) is 1. The lowest BCUT2D eigenvalue weighted by atomic mass is 10.1. The molecular formula is C17H18N2O6S. The standard InChI is InChI=1S/C17H18N2O6S/c1-9(15(18)20)25-17(22)10-7-11(14(24-3)12(8-10)23-2)19-16(21)13-5-4-6-26-13/h4-9H,1-3H3,(H2,18,20)(H,19,21)/t9-/m0/s1. The molecule has 138 valence electrons. The molecule has 26 heavy (non-hydrogen) atoms. The topological polar surface area (TPSA) is 117 Å². The Balaban J connectivity index is 2.37. The van der Waals surface area contributed by atoms with Crippen LogP contribution in [-0.2, 0) is 9.53 Å². The average Bonchev–Trinajstić information content (AvgIpc) is 3.15. The number of thiophene rings is 1. The average molecular weight is 378 g/mol. The van der Waals surface area contributed by atoms with Crippen molar-refractivity contribution in [3.8, 4) is 11.5 Å². The normalized spacial score (nSPS) is 11.3. The Morgan fingerprint density at radius 2 is 1.92 bits per heavy atom. The number of primary amides is 1. The van der Waals surface area contributed by atoms with Gasteiger partial charge in [-0.05, 0) is 30.5 Å². The van der Waals surface area contributed by atoms with Gasteiger partial charge in [0.05, 0.1) is 30.3 Å². The second-order valence-electron chi connectivity index (χ2n) is 5.14. The summed E-state index contributed by atoms with van der Waals surface area (Å²) >= 11 is 1.27. The summed E-state index contributed by atoms with van der Waals surface area (Å²) in [7, 11) is 2.80. The van der Waals surface area contributed by atoms with E-state index in [0.717, 1.165) is 0 Å². The van der Waals surface area contributed by atoms with Crippen molar-refractivity contribution < 1.29 is 28.6 Å². The molecule has 2 amide bonds. The van der Waals surface area contributed by atoms with Crippen LogP contribution in [0.1, 0.15) is 27.0 Å². The summed E-state index contributed by atoms with van der Waals surface area (Å²) in [5, 5.41) is 4.45. The zero-order valence-electron chi connectivity index (χ0n) is 14.4. The first kappa shape index (κ1) is 19.3. The lowest BCUT2D eigenvalue weighted by Crippen LogP contribution is -2.30. The summed E-state index contributed by atoms with van der Waals surface area (Å²) in [5.74, 6) is -1.46. The Labute approximate surface area is 153 Å². The molecular weight excluding hydrogens is 360 g/mol. The maximum atomic E-state index is 12.3. The predicted molar refractivity (Wildman–Crippen MR) is 95.9 cm³/mol. The lowest BCUT2D eigenvalue weighted by molar-refractivity contribution is -0.125. The van der Waals surface area contributed by atoms with Gasteiger partial charge in [-0.2, -0.15) is 0 Å². The second kappa shape index (κ2) is 8.34. The maximum Gasteiger partial charge on any atom is 0.339 e. The Kier molecular flexibility index (Phi) is 6.18. The van der Waals surface area contributed by atoms with E-state index in [0.29, 0.717) is 4.88 Å². The molecule has 0 radical (unpaired) electrons. The van der Waals surface area contributed by atoms with Gasteiger partial charge >= 0.3 is 5.97 Å². The molecule has 1 atom stereocenters. The third-order valence-electron chi connectivity index (χ3n) is 3.39. The zero-order chi connectivity index (χ0) is 19.3. The fourth-order valence-corrected chi connectivity index (χ4v) is 2.67. The fraction of sp³-hybridized carbons (Fsp3) is 0.235. The van der Waals surface area contributed by atoms with Crippen LogP contribution in [0.4, 0.5) is 5.69 Å². The van der Waals surface area contributed by atoms with E-state index >= 15 is 0 Å². The Bertz CT molecular complexity index is 819. The van der Waals surface area contributed by atoms with Crippen molar-refractivity contribution >= 4 is 34.8 Å². The summed E-state index contributed by atoms with van der Waals surface area (Å²) < 4.78 is 15.5. The third-order valence-corrected chi connectivity index (χ3v) is 4.26. The fourth-order valence-electron chi connectivity index (χ4n) is 2.05. The first-order valence-electron chi connectivity index (χ1n) is 7.48. The van der Waals surface area contributed by atoms with Gasteiger partial charge in [0, 0.05) is 0 Å². The molecule has 0 unspecified atom stereocenters. The highest BCUT2D eigenvalue weighted by Crippen LogP contribution is 2.37. The van der Waals surface area contributed by atoms with Gasteiger partial charge < -0.3 is 25.3 Å². The quantitative estimate of drug-likeness (QED) is 0.712. The lowest BCUT2D eigenvalue weighted by Gasteiger charge is -2.16. The van der Waals surface area contributed by atoms with E-state index in [2.05, 4.69) is 5.32 Å². The number of methoxy groups -OCH3 is 2.